The second-order valence-electron chi connectivity index (χ2n) is 4.20. The topological polar surface area (TPSA) is 73.4 Å². The summed E-state index contributed by atoms with van der Waals surface area (Å²) in [7, 11) is 0. The molecule has 92 valence electrons. The van der Waals surface area contributed by atoms with Gasteiger partial charge in [0.1, 0.15) is 0 Å². The van der Waals surface area contributed by atoms with Gasteiger partial charge in [0.05, 0.1) is 5.84 Å². The smallest absolute Gasteiger partial charge is 0.320 e. The predicted molar refractivity (Wildman–Crippen MR) is 64.5 cm³/mol. The molecule has 0 radical (unpaired) electrons. The van der Waals surface area contributed by atoms with E-state index in [4.69, 9.17) is 11.1 Å². The SMILES string of the molecule is CCN(CC)C(=O)N1CCCC(C(=N)N)C1. The van der Waals surface area contributed by atoms with Crippen molar-refractivity contribution in [1.29, 1.82) is 5.41 Å². The molecule has 1 atom stereocenters. The van der Waals surface area contributed by atoms with Crippen molar-refractivity contribution in [3.05, 3.63) is 0 Å². The van der Waals surface area contributed by atoms with Crippen molar-refractivity contribution >= 4 is 11.9 Å². The summed E-state index contributed by atoms with van der Waals surface area (Å²) in [5, 5.41) is 7.44. The fraction of sp³-hybridized carbons (Fsp3) is 0.818. The van der Waals surface area contributed by atoms with E-state index in [1.54, 1.807) is 0 Å². The summed E-state index contributed by atoms with van der Waals surface area (Å²) in [6, 6.07) is 0.0796. The van der Waals surface area contributed by atoms with Crippen molar-refractivity contribution in [2.24, 2.45) is 11.7 Å². The third kappa shape index (κ3) is 2.87. The molecular weight excluding hydrogens is 204 g/mol. The van der Waals surface area contributed by atoms with Crippen molar-refractivity contribution in [2.75, 3.05) is 26.2 Å². The Balaban J connectivity index is 2.59. The zero-order chi connectivity index (χ0) is 12.1. The van der Waals surface area contributed by atoms with Gasteiger partial charge in [-0.3, -0.25) is 5.41 Å². The lowest BCUT2D eigenvalue weighted by Crippen LogP contribution is -2.49. The molecule has 5 nitrogen and oxygen atoms in total. The van der Waals surface area contributed by atoms with Crippen molar-refractivity contribution in [2.45, 2.75) is 26.7 Å². The fourth-order valence-electron chi connectivity index (χ4n) is 2.10. The highest BCUT2D eigenvalue weighted by molar-refractivity contribution is 5.81. The number of amides is 2. The Kier molecular flexibility index (Phi) is 4.58. The van der Waals surface area contributed by atoms with E-state index in [-0.39, 0.29) is 17.8 Å². The van der Waals surface area contributed by atoms with Gasteiger partial charge in [0.25, 0.3) is 0 Å². The van der Waals surface area contributed by atoms with E-state index in [0.29, 0.717) is 6.54 Å². The Morgan fingerprint density at radius 1 is 1.50 bits per heavy atom. The Morgan fingerprint density at radius 3 is 2.62 bits per heavy atom. The van der Waals surface area contributed by atoms with E-state index in [2.05, 4.69) is 0 Å². The molecule has 5 heteroatoms. The van der Waals surface area contributed by atoms with Crippen LogP contribution in [0.15, 0.2) is 0 Å². The first-order valence-corrected chi connectivity index (χ1v) is 5.97. The van der Waals surface area contributed by atoms with Gasteiger partial charge in [-0.1, -0.05) is 0 Å². The summed E-state index contributed by atoms with van der Waals surface area (Å²) in [6.07, 6.45) is 1.87. The highest BCUT2D eigenvalue weighted by atomic mass is 16.2. The molecule has 1 heterocycles. The average molecular weight is 226 g/mol. The second-order valence-corrected chi connectivity index (χ2v) is 4.20. The van der Waals surface area contributed by atoms with Crippen LogP contribution in [0.1, 0.15) is 26.7 Å². The summed E-state index contributed by atoms with van der Waals surface area (Å²) in [4.78, 5) is 15.7. The molecule has 1 rings (SSSR count). The number of hydrogen-bond acceptors (Lipinski definition) is 2. The van der Waals surface area contributed by atoms with Gasteiger partial charge in [0.2, 0.25) is 0 Å². The van der Waals surface area contributed by atoms with Crippen LogP contribution in [0.4, 0.5) is 4.79 Å². The second kappa shape index (κ2) is 5.72. The molecule has 1 unspecified atom stereocenters. The lowest BCUT2D eigenvalue weighted by atomic mass is 9.97. The molecule has 0 aliphatic carbocycles. The molecule has 0 saturated carbocycles. The number of nitrogens with two attached hydrogens (primary N) is 1. The molecule has 0 aromatic heterocycles. The molecule has 1 fully saturated rings. The third-order valence-corrected chi connectivity index (χ3v) is 3.17. The van der Waals surface area contributed by atoms with E-state index in [1.807, 2.05) is 23.6 Å². The van der Waals surface area contributed by atoms with Crippen LogP contribution in [-0.4, -0.2) is 47.8 Å². The number of hydrogen-bond donors (Lipinski definition) is 2. The molecular formula is C11H22N4O. The maximum absolute atomic E-state index is 12.1. The Labute approximate surface area is 97.1 Å². The molecule has 3 N–H and O–H groups in total. The summed E-state index contributed by atoms with van der Waals surface area (Å²) in [5.74, 6) is 0.255. The summed E-state index contributed by atoms with van der Waals surface area (Å²) in [5.41, 5.74) is 5.50. The number of piperidine rings is 1. The number of nitrogens with one attached hydrogen (secondary N) is 1. The summed E-state index contributed by atoms with van der Waals surface area (Å²) in [6.45, 7) is 6.82. The molecule has 1 aliphatic heterocycles. The number of urea groups is 1. The van der Waals surface area contributed by atoms with Gasteiger partial charge in [-0.05, 0) is 26.7 Å². The molecule has 1 aliphatic rings. The number of nitrogens with zero attached hydrogens (tertiary/aromatic N) is 2. The maximum atomic E-state index is 12.1. The van der Waals surface area contributed by atoms with Crippen LogP contribution in [0.2, 0.25) is 0 Å². The summed E-state index contributed by atoms with van der Waals surface area (Å²) < 4.78 is 0. The Bertz CT molecular complexity index is 263. The minimum atomic E-state index is 0.0493. The minimum Gasteiger partial charge on any atom is -0.387 e. The van der Waals surface area contributed by atoms with E-state index in [9.17, 15) is 4.79 Å². The zero-order valence-electron chi connectivity index (χ0n) is 10.2. The number of carbonyl (C=O) groups excluding carboxylic acids is 1. The first-order valence-electron chi connectivity index (χ1n) is 5.97. The zero-order valence-corrected chi connectivity index (χ0v) is 10.2. The van der Waals surface area contributed by atoms with Crippen LogP contribution in [0.25, 0.3) is 0 Å². The molecule has 0 aromatic carbocycles. The van der Waals surface area contributed by atoms with Crippen molar-refractivity contribution in [3.8, 4) is 0 Å². The highest BCUT2D eigenvalue weighted by Crippen LogP contribution is 2.17. The number of carbonyl (C=O) groups is 1. The maximum Gasteiger partial charge on any atom is 0.320 e. The first kappa shape index (κ1) is 12.8. The summed E-state index contributed by atoms with van der Waals surface area (Å²) >= 11 is 0. The van der Waals surface area contributed by atoms with Crippen LogP contribution in [0.3, 0.4) is 0 Å². The highest BCUT2D eigenvalue weighted by Gasteiger charge is 2.27. The lowest BCUT2D eigenvalue weighted by molar-refractivity contribution is 0.141. The fourth-order valence-corrected chi connectivity index (χ4v) is 2.10. The Morgan fingerprint density at radius 2 is 2.12 bits per heavy atom. The molecule has 0 bridgehead atoms. The van der Waals surface area contributed by atoms with Crippen LogP contribution >= 0.6 is 0 Å². The quantitative estimate of drug-likeness (QED) is 0.558. The number of likely N-dealkylation sites (tertiary alicyclic amines) is 1. The molecule has 1 saturated heterocycles. The minimum absolute atomic E-state index is 0.0493. The predicted octanol–water partition coefficient (Wildman–Crippen LogP) is 1.10. The third-order valence-electron chi connectivity index (χ3n) is 3.17. The van der Waals surface area contributed by atoms with E-state index in [1.165, 1.54) is 0 Å². The van der Waals surface area contributed by atoms with Gasteiger partial charge < -0.3 is 15.5 Å². The van der Waals surface area contributed by atoms with Crippen molar-refractivity contribution in [1.82, 2.24) is 9.80 Å². The van der Waals surface area contributed by atoms with Gasteiger partial charge >= 0.3 is 6.03 Å². The van der Waals surface area contributed by atoms with Crippen LogP contribution in [-0.2, 0) is 0 Å². The van der Waals surface area contributed by atoms with Gasteiger partial charge in [0, 0.05) is 32.1 Å². The number of amidine groups is 1. The number of rotatable bonds is 3. The average Bonchev–Trinajstić information content (AvgIpc) is 2.30. The molecule has 0 spiro atoms. The monoisotopic (exact) mass is 226 g/mol. The van der Waals surface area contributed by atoms with Crippen LogP contribution in [0.5, 0.6) is 0 Å². The standard InChI is InChI=1S/C11H22N4O/c1-3-14(4-2)11(16)15-7-5-6-9(8-15)10(12)13/h9H,3-8H2,1-2H3,(H3,12,13). The van der Waals surface area contributed by atoms with Gasteiger partial charge in [0.15, 0.2) is 0 Å². The van der Waals surface area contributed by atoms with Gasteiger partial charge in [-0.25, -0.2) is 4.79 Å². The van der Waals surface area contributed by atoms with Crippen LogP contribution in [0, 0.1) is 11.3 Å². The van der Waals surface area contributed by atoms with Gasteiger partial charge in [-0.15, -0.1) is 0 Å². The van der Waals surface area contributed by atoms with E-state index >= 15 is 0 Å². The lowest BCUT2D eigenvalue weighted by Gasteiger charge is -2.35. The van der Waals surface area contributed by atoms with Crippen LogP contribution < -0.4 is 5.73 Å². The normalized spacial score (nSPS) is 20.6. The molecule has 16 heavy (non-hydrogen) atoms. The Hall–Kier alpha value is -1.26. The molecule has 0 aromatic rings. The first-order chi connectivity index (χ1) is 7.60. The van der Waals surface area contributed by atoms with Gasteiger partial charge in [-0.2, -0.15) is 0 Å². The van der Waals surface area contributed by atoms with Crippen molar-refractivity contribution < 1.29 is 4.79 Å². The molecule has 2 amide bonds. The van der Waals surface area contributed by atoms with E-state index in [0.717, 1.165) is 32.5 Å². The van der Waals surface area contributed by atoms with E-state index < -0.39 is 0 Å². The largest absolute Gasteiger partial charge is 0.387 e. The van der Waals surface area contributed by atoms with Crippen molar-refractivity contribution in [3.63, 3.8) is 0 Å².